The number of nitrogens with zero attached hydrogens (tertiary/aromatic N) is 4. The van der Waals surface area contributed by atoms with Crippen molar-refractivity contribution in [2.45, 2.75) is 26.3 Å². The van der Waals surface area contributed by atoms with Gasteiger partial charge < -0.3 is 19.4 Å². The number of ether oxygens (including phenoxy) is 1. The highest BCUT2D eigenvalue weighted by molar-refractivity contribution is 6.05. The SMILES string of the molecule is CCN(C)C(=O)CN(C)C(=O)CCCOc1ccc2c(c1)CN1CC(=O)NC1=N2. The second-order valence-electron chi connectivity index (χ2n) is 7.24. The van der Waals surface area contributed by atoms with E-state index in [0.717, 1.165) is 11.3 Å². The van der Waals surface area contributed by atoms with Crippen LogP contribution in [0.4, 0.5) is 5.69 Å². The number of carbonyl (C=O) groups is 3. The monoisotopic (exact) mass is 401 g/mol. The Morgan fingerprint density at radius 1 is 1.21 bits per heavy atom. The maximum atomic E-state index is 12.2. The Hall–Kier alpha value is -3.10. The number of benzene rings is 1. The van der Waals surface area contributed by atoms with Crippen LogP contribution >= 0.6 is 0 Å². The zero-order chi connectivity index (χ0) is 21.0. The first kappa shape index (κ1) is 20.6. The van der Waals surface area contributed by atoms with Crippen LogP contribution in [0.2, 0.25) is 0 Å². The molecule has 0 aromatic heterocycles. The molecule has 1 aromatic carbocycles. The molecule has 3 amide bonds. The van der Waals surface area contributed by atoms with Crippen molar-refractivity contribution in [1.82, 2.24) is 20.0 Å². The molecule has 156 valence electrons. The van der Waals surface area contributed by atoms with E-state index in [1.807, 2.05) is 30.0 Å². The topological polar surface area (TPSA) is 94.6 Å². The number of carbonyl (C=O) groups excluding carboxylic acids is 3. The van der Waals surface area contributed by atoms with E-state index in [0.29, 0.717) is 50.8 Å². The first-order chi connectivity index (χ1) is 13.9. The highest BCUT2D eigenvalue weighted by Crippen LogP contribution is 2.30. The standard InChI is InChI=1S/C20H27N5O4/c1-4-23(2)19(28)13-24(3)18(27)6-5-9-29-15-7-8-16-14(10-15)11-25-12-17(26)22-20(25)21-16/h7-8,10H,4-6,9,11-13H2,1-3H3,(H,21,22,26). The van der Waals surface area contributed by atoms with Crippen LogP contribution in [0.25, 0.3) is 0 Å². The van der Waals surface area contributed by atoms with Gasteiger partial charge in [0.05, 0.1) is 18.8 Å². The minimum Gasteiger partial charge on any atom is -0.494 e. The van der Waals surface area contributed by atoms with Crippen LogP contribution in [0, 0.1) is 0 Å². The number of rotatable bonds is 8. The highest BCUT2D eigenvalue weighted by Gasteiger charge is 2.29. The molecule has 1 fully saturated rings. The molecule has 2 aliphatic rings. The minimum absolute atomic E-state index is 0.0503. The van der Waals surface area contributed by atoms with Crippen LogP contribution in [-0.2, 0) is 20.9 Å². The van der Waals surface area contributed by atoms with E-state index in [-0.39, 0.29) is 24.3 Å². The molecule has 0 radical (unpaired) electrons. The molecule has 9 nitrogen and oxygen atoms in total. The number of likely N-dealkylation sites (N-methyl/N-ethyl adjacent to an activating group) is 2. The Kier molecular flexibility index (Phi) is 6.36. The molecule has 0 atom stereocenters. The first-order valence-electron chi connectivity index (χ1n) is 9.74. The summed E-state index contributed by atoms with van der Waals surface area (Å²) < 4.78 is 5.78. The van der Waals surface area contributed by atoms with Crippen molar-refractivity contribution in [3.63, 3.8) is 0 Å². The largest absolute Gasteiger partial charge is 0.494 e. The second kappa shape index (κ2) is 8.93. The van der Waals surface area contributed by atoms with Gasteiger partial charge in [-0.1, -0.05) is 0 Å². The van der Waals surface area contributed by atoms with Gasteiger partial charge in [0.25, 0.3) is 0 Å². The van der Waals surface area contributed by atoms with Gasteiger partial charge in [0.2, 0.25) is 23.7 Å². The normalized spacial score (nSPS) is 14.5. The second-order valence-corrected chi connectivity index (χ2v) is 7.24. The maximum Gasteiger partial charge on any atom is 0.246 e. The summed E-state index contributed by atoms with van der Waals surface area (Å²) in [6.07, 6.45) is 0.880. The van der Waals surface area contributed by atoms with Crippen molar-refractivity contribution in [2.75, 3.05) is 40.3 Å². The summed E-state index contributed by atoms with van der Waals surface area (Å²) in [5.41, 5.74) is 1.82. The van der Waals surface area contributed by atoms with Crippen LogP contribution in [0.1, 0.15) is 25.3 Å². The first-order valence-corrected chi connectivity index (χ1v) is 9.74. The lowest BCUT2D eigenvalue weighted by molar-refractivity contribution is -0.138. The van der Waals surface area contributed by atoms with Crippen molar-refractivity contribution in [3.8, 4) is 5.75 Å². The average Bonchev–Trinajstić information content (AvgIpc) is 3.06. The summed E-state index contributed by atoms with van der Waals surface area (Å²) in [4.78, 5) is 44.9. The summed E-state index contributed by atoms with van der Waals surface area (Å²) in [7, 11) is 3.36. The van der Waals surface area contributed by atoms with E-state index < -0.39 is 0 Å². The molecule has 1 aromatic rings. The lowest BCUT2D eigenvalue weighted by Crippen LogP contribution is -2.39. The molecule has 29 heavy (non-hydrogen) atoms. The van der Waals surface area contributed by atoms with Crippen molar-refractivity contribution in [3.05, 3.63) is 23.8 Å². The Morgan fingerprint density at radius 2 is 2.00 bits per heavy atom. The van der Waals surface area contributed by atoms with E-state index in [2.05, 4.69) is 10.3 Å². The molecular formula is C20H27N5O4. The molecular weight excluding hydrogens is 374 g/mol. The van der Waals surface area contributed by atoms with Gasteiger partial charge in [0.15, 0.2) is 0 Å². The quantitative estimate of drug-likeness (QED) is 0.648. The molecule has 1 N–H and O–H groups in total. The van der Waals surface area contributed by atoms with E-state index in [9.17, 15) is 14.4 Å². The molecule has 2 aliphatic heterocycles. The van der Waals surface area contributed by atoms with Gasteiger partial charge in [-0.25, -0.2) is 4.99 Å². The number of fused-ring (bicyclic) bond motifs is 2. The predicted octanol–water partition coefficient (Wildman–Crippen LogP) is 0.715. The molecule has 0 spiro atoms. The molecule has 2 heterocycles. The van der Waals surface area contributed by atoms with Crippen LogP contribution in [0.3, 0.4) is 0 Å². The van der Waals surface area contributed by atoms with E-state index in [1.165, 1.54) is 4.90 Å². The third kappa shape index (κ3) is 5.04. The fourth-order valence-corrected chi connectivity index (χ4v) is 3.12. The minimum atomic E-state index is -0.0787. The molecule has 0 saturated carbocycles. The molecule has 9 heteroatoms. The molecule has 1 saturated heterocycles. The summed E-state index contributed by atoms with van der Waals surface area (Å²) >= 11 is 0. The van der Waals surface area contributed by atoms with E-state index in [4.69, 9.17) is 4.74 Å². The Balaban J connectivity index is 1.44. The lowest BCUT2D eigenvalue weighted by atomic mass is 10.1. The fourth-order valence-electron chi connectivity index (χ4n) is 3.12. The number of amides is 3. The molecule has 0 bridgehead atoms. The van der Waals surface area contributed by atoms with Crippen LogP contribution in [0.5, 0.6) is 5.75 Å². The Bertz CT molecular complexity index is 838. The van der Waals surface area contributed by atoms with E-state index >= 15 is 0 Å². The number of hydrogen-bond acceptors (Lipinski definition) is 6. The molecule has 0 aliphatic carbocycles. The van der Waals surface area contributed by atoms with Gasteiger partial charge in [-0.2, -0.15) is 0 Å². The fraction of sp³-hybridized carbons (Fsp3) is 0.500. The van der Waals surface area contributed by atoms with Crippen molar-refractivity contribution < 1.29 is 19.1 Å². The van der Waals surface area contributed by atoms with Gasteiger partial charge in [-0.3, -0.25) is 19.7 Å². The van der Waals surface area contributed by atoms with Gasteiger partial charge in [0, 0.05) is 39.2 Å². The average molecular weight is 401 g/mol. The van der Waals surface area contributed by atoms with Gasteiger partial charge >= 0.3 is 0 Å². The summed E-state index contributed by atoms with van der Waals surface area (Å²) in [5.74, 6) is 1.11. The third-order valence-electron chi connectivity index (χ3n) is 5.03. The predicted molar refractivity (Wildman–Crippen MR) is 108 cm³/mol. The smallest absolute Gasteiger partial charge is 0.246 e. The van der Waals surface area contributed by atoms with Gasteiger partial charge in [-0.05, 0) is 31.5 Å². The number of hydrogen-bond donors (Lipinski definition) is 1. The molecule has 0 unspecified atom stereocenters. The Labute approximate surface area is 170 Å². The van der Waals surface area contributed by atoms with Crippen LogP contribution < -0.4 is 10.1 Å². The van der Waals surface area contributed by atoms with E-state index in [1.54, 1.807) is 19.0 Å². The van der Waals surface area contributed by atoms with Crippen molar-refractivity contribution in [2.24, 2.45) is 4.99 Å². The van der Waals surface area contributed by atoms with Crippen LogP contribution in [0.15, 0.2) is 23.2 Å². The Morgan fingerprint density at radius 3 is 2.76 bits per heavy atom. The third-order valence-corrected chi connectivity index (χ3v) is 5.03. The maximum absolute atomic E-state index is 12.2. The summed E-state index contributed by atoms with van der Waals surface area (Å²) in [5, 5.41) is 2.74. The van der Waals surface area contributed by atoms with Gasteiger partial charge in [0.1, 0.15) is 12.3 Å². The highest BCUT2D eigenvalue weighted by atomic mass is 16.5. The summed E-state index contributed by atoms with van der Waals surface area (Å²) in [6.45, 7) is 3.92. The molecule has 3 rings (SSSR count). The number of nitrogens with one attached hydrogen (secondary N) is 1. The zero-order valence-corrected chi connectivity index (χ0v) is 17.1. The van der Waals surface area contributed by atoms with Crippen LogP contribution in [-0.4, -0.2) is 78.7 Å². The lowest BCUT2D eigenvalue weighted by Gasteiger charge is -2.23. The number of guanidine groups is 1. The van der Waals surface area contributed by atoms with Gasteiger partial charge in [-0.15, -0.1) is 0 Å². The number of aliphatic imine (C=N–C) groups is 1. The van der Waals surface area contributed by atoms with Crippen molar-refractivity contribution >= 4 is 29.4 Å². The van der Waals surface area contributed by atoms with Crippen molar-refractivity contribution in [1.29, 1.82) is 0 Å². The zero-order valence-electron chi connectivity index (χ0n) is 17.1. The summed E-state index contributed by atoms with van der Waals surface area (Å²) in [6, 6.07) is 5.63.